The van der Waals surface area contributed by atoms with Crippen molar-refractivity contribution in [3.05, 3.63) is 81.7 Å². The van der Waals surface area contributed by atoms with Crippen LogP contribution in [0.15, 0.2) is 81.7 Å². The summed E-state index contributed by atoms with van der Waals surface area (Å²) >= 11 is 6.78. The molecule has 0 radical (unpaired) electrons. The molecule has 2 N–H and O–H groups in total. The summed E-state index contributed by atoms with van der Waals surface area (Å²) in [6.45, 7) is 0. The third-order valence-electron chi connectivity index (χ3n) is 3.57. The van der Waals surface area contributed by atoms with Gasteiger partial charge in [-0.15, -0.1) is 0 Å². The highest BCUT2D eigenvalue weighted by Gasteiger charge is 1.95. The van der Waals surface area contributed by atoms with Gasteiger partial charge in [-0.1, -0.05) is 56.1 Å². The van der Waals surface area contributed by atoms with Crippen molar-refractivity contribution in [2.45, 2.75) is 0 Å². The highest BCUT2D eigenvalue weighted by Crippen LogP contribution is 2.24. The highest BCUT2D eigenvalue weighted by molar-refractivity contribution is 9.10. The summed E-state index contributed by atoms with van der Waals surface area (Å²) in [4.78, 5) is 0. The smallest absolute Gasteiger partial charge is 0.116 e. The van der Waals surface area contributed by atoms with E-state index in [0.717, 1.165) is 30.5 Å². The lowest BCUT2D eigenvalue weighted by Gasteiger charge is -1.98. The first-order valence-electron chi connectivity index (χ1n) is 7.28. The molecule has 0 fully saturated rings. The molecule has 0 aliphatic rings. The fourth-order valence-electron chi connectivity index (χ4n) is 2.41. The molecule has 120 valence electrons. The maximum Gasteiger partial charge on any atom is 0.116 e. The average molecular weight is 446 g/mol. The Morgan fingerprint density at radius 2 is 0.792 bits per heavy atom. The molecule has 4 aromatic rings. The second-order valence-corrected chi connectivity index (χ2v) is 7.18. The SMILES string of the molecule is Oc1ccc2cc(Br)ccc2c1.Oc1ccc2cc(Br)ccc2c1. The molecule has 4 heteroatoms. The molecule has 0 spiro atoms. The van der Waals surface area contributed by atoms with E-state index in [2.05, 4.69) is 31.9 Å². The van der Waals surface area contributed by atoms with E-state index in [1.54, 1.807) is 24.3 Å². The van der Waals surface area contributed by atoms with Gasteiger partial charge in [0, 0.05) is 8.95 Å². The number of phenolic OH excluding ortho intramolecular Hbond substituents is 2. The molecule has 0 aliphatic heterocycles. The molecule has 0 atom stereocenters. The van der Waals surface area contributed by atoms with Gasteiger partial charge in [0.25, 0.3) is 0 Å². The van der Waals surface area contributed by atoms with Gasteiger partial charge >= 0.3 is 0 Å². The second-order valence-electron chi connectivity index (χ2n) is 5.35. The van der Waals surface area contributed by atoms with Crippen molar-refractivity contribution in [1.29, 1.82) is 0 Å². The zero-order valence-electron chi connectivity index (χ0n) is 12.6. The highest BCUT2D eigenvalue weighted by atomic mass is 79.9. The lowest BCUT2D eigenvalue weighted by molar-refractivity contribution is 0.475. The first-order valence-corrected chi connectivity index (χ1v) is 8.86. The van der Waals surface area contributed by atoms with Gasteiger partial charge in [-0.2, -0.15) is 0 Å². The molecule has 2 nitrogen and oxygen atoms in total. The van der Waals surface area contributed by atoms with Gasteiger partial charge in [0.1, 0.15) is 11.5 Å². The molecule has 24 heavy (non-hydrogen) atoms. The van der Waals surface area contributed by atoms with Crippen LogP contribution >= 0.6 is 31.9 Å². The molecular formula is C20H14Br2O2. The number of fused-ring (bicyclic) bond motifs is 2. The van der Waals surface area contributed by atoms with Crippen molar-refractivity contribution in [2.24, 2.45) is 0 Å². The molecule has 0 saturated carbocycles. The molecule has 0 amide bonds. The quantitative estimate of drug-likeness (QED) is 0.319. The Morgan fingerprint density at radius 1 is 0.458 bits per heavy atom. The van der Waals surface area contributed by atoms with Crippen molar-refractivity contribution in [3.63, 3.8) is 0 Å². The molecule has 0 aliphatic carbocycles. The van der Waals surface area contributed by atoms with E-state index in [9.17, 15) is 10.2 Å². The van der Waals surface area contributed by atoms with Crippen LogP contribution in [-0.2, 0) is 0 Å². The van der Waals surface area contributed by atoms with E-state index in [0.29, 0.717) is 11.5 Å². The van der Waals surface area contributed by atoms with Crippen molar-refractivity contribution < 1.29 is 10.2 Å². The predicted octanol–water partition coefficient (Wildman–Crippen LogP) is 6.62. The summed E-state index contributed by atoms with van der Waals surface area (Å²) in [5.41, 5.74) is 0. The van der Waals surface area contributed by atoms with E-state index in [-0.39, 0.29) is 0 Å². The van der Waals surface area contributed by atoms with E-state index in [4.69, 9.17) is 0 Å². The Bertz CT molecular complexity index is 847. The summed E-state index contributed by atoms with van der Waals surface area (Å²) in [5, 5.41) is 22.7. The summed E-state index contributed by atoms with van der Waals surface area (Å²) in [5.74, 6) is 0.620. The molecule has 4 aromatic carbocycles. The van der Waals surface area contributed by atoms with E-state index >= 15 is 0 Å². The monoisotopic (exact) mass is 444 g/mol. The maximum absolute atomic E-state index is 9.19. The standard InChI is InChI=1S/2C10H7BrO/c2*11-9-3-1-8-6-10(12)4-2-7(8)5-9/h2*1-6,12H. The Balaban J connectivity index is 0.000000141. The molecular weight excluding hydrogens is 432 g/mol. The van der Waals surface area contributed by atoms with Crippen molar-refractivity contribution in [1.82, 2.24) is 0 Å². The Labute approximate surface area is 156 Å². The fraction of sp³-hybridized carbons (Fsp3) is 0. The van der Waals surface area contributed by atoms with Crippen molar-refractivity contribution in [3.8, 4) is 11.5 Å². The van der Waals surface area contributed by atoms with Crippen molar-refractivity contribution in [2.75, 3.05) is 0 Å². The van der Waals surface area contributed by atoms with Gasteiger partial charge in [0.05, 0.1) is 0 Å². The molecule has 0 bridgehead atoms. The van der Waals surface area contributed by atoms with E-state index in [1.165, 1.54) is 0 Å². The van der Waals surface area contributed by atoms with Crippen LogP contribution in [0.2, 0.25) is 0 Å². The fourth-order valence-corrected chi connectivity index (χ4v) is 3.17. The van der Waals surface area contributed by atoms with Crippen LogP contribution in [0, 0.1) is 0 Å². The van der Waals surface area contributed by atoms with Gasteiger partial charge in [-0.25, -0.2) is 0 Å². The molecule has 0 unspecified atom stereocenters. The second kappa shape index (κ2) is 7.24. The molecule has 4 rings (SSSR count). The first-order chi connectivity index (χ1) is 11.5. The Kier molecular flexibility index (Phi) is 5.07. The van der Waals surface area contributed by atoms with Crippen LogP contribution in [0.5, 0.6) is 11.5 Å². The number of halogens is 2. The van der Waals surface area contributed by atoms with E-state index in [1.807, 2.05) is 48.5 Å². The molecule has 0 aromatic heterocycles. The summed E-state index contributed by atoms with van der Waals surface area (Å²) in [7, 11) is 0. The maximum atomic E-state index is 9.19. The number of hydrogen-bond donors (Lipinski definition) is 2. The zero-order chi connectivity index (χ0) is 17.1. The number of rotatable bonds is 0. The summed E-state index contributed by atoms with van der Waals surface area (Å²) < 4.78 is 2.11. The molecule has 0 heterocycles. The Hall–Kier alpha value is -2.04. The van der Waals surface area contributed by atoms with Gasteiger partial charge in [-0.3, -0.25) is 0 Å². The van der Waals surface area contributed by atoms with Crippen LogP contribution in [0.3, 0.4) is 0 Å². The zero-order valence-corrected chi connectivity index (χ0v) is 15.8. The predicted molar refractivity (Wildman–Crippen MR) is 107 cm³/mol. The lowest BCUT2D eigenvalue weighted by atomic mass is 10.1. The average Bonchev–Trinajstić information content (AvgIpc) is 2.56. The minimum atomic E-state index is 0.310. The van der Waals surface area contributed by atoms with Gasteiger partial charge in [-0.05, 0) is 70.1 Å². The first kappa shape index (κ1) is 16.8. The van der Waals surface area contributed by atoms with Crippen molar-refractivity contribution >= 4 is 53.4 Å². The minimum absolute atomic E-state index is 0.310. The largest absolute Gasteiger partial charge is 0.508 e. The summed E-state index contributed by atoms with van der Waals surface area (Å²) in [6, 6.07) is 22.6. The number of phenols is 2. The topological polar surface area (TPSA) is 40.5 Å². The van der Waals surface area contributed by atoms with Gasteiger partial charge < -0.3 is 10.2 Å². The third-order valence-corrected chi connectivity index (χ3v) is 4.56. The lowest BCUT2D eigenvalue weighted by Crippen LogP contribution is -1.71. The number of hydrogen-bond acceptors (Lipinski definition) is 2. The van der Waals surface area contributed by atoms with Gasteiger partial charge in [0.15, 0.2) is 0 Å². The normalized spacial score (nSPS) is 10.4. The summed E-state index contributed by atoms with van der Waals surface area (Å²) in [6.07, 6.45) is 0. The van der Waals surface area contributed by atoms with Crippen LogP contribution < -0.4 is 0 Å². The number of aromatic hydroxyl groups is 2. The van der Waals surface area contributed by atoms with Crippen LogP contribution in [0.4, 0.5) is 0 Å². The molecule has 0 saturated heterocycles. The van der Waals surface area contributed by atoms with Crippen LogP contribution in [-0.4, -0.2) is 10.2 Å². The van der Waals surface area contributed by atoms with Gasteiger partial charge in [0.2, 0.25) is 0 Å². The Morgan fingerprint density at radius 3 is 1.21 bits per heavy atom. The van der Waals surface area contributed by atoms with E-state index < -0.39 is 0 Å². The van der Waals surface area contributed by atoms with Crippen LogP contribution in [0.25, 0.3) is 21.5 Å². The third kappa shape index (κ3) is 4.08. The minimum Gasteiger partial charge on any atom is -0.508 e. The van der Waals surface area contributed by atoms with Crippen LogP contribution in [0.1, 0.15) is 0 Å². The number of benzene rings is 4.